The molecule has 1 aliphatic carbocycles. The van der Waals surface area contributed by atoms with Gasteiger partial charge < -0.3 is 10.1 Å². The largest absolute Gasteiger partial charge is 0.481 e. The minimum absolute atomic E-state index is 0.0949. The first-order chi connectivity index (χ1) is 10.5. The molecule has 120 valence electrons. The lowest BCUT2D eigenvalue weighted by molar-refractivity contribution is -0.128. The van der Waals surface area contributed by atoms with E-state index in [0.29, 0.717) is 12.2 Å². The number of aryl methyl sites for hydroxylation is 1. The molecule has 1 unspecified atom stereocenters. The minimum atomic E-state index is -0.544. The Hall–Kier alpha value is -1.84. The average Bonchev–Trinajstić information content (AvgIpc) is 2.52. The van der Waals surface area contributed by atoms with Crippen LogP contribution < -0.4 is 10.1 Å². The summed E-state index contributed by atoms with van der Waals surface area (Å²) in [7, 11) is 0. The highest BCUT2D eigenvalue weighted by Crippen LogP contribution is 2.26. The molecule has 0 bridgehead atoms. The molecular weight excluding hydrogens is 278 g/mol. The molecule has 0 saturated heterocycles. The van der Waals surface area contributed by atoms with Gasteiger partial charge in [0.25, 0.3) is 5.91 Å². The Morgan fingerprint density at radius 3 is 2.68 bits per heavy atom. The molecular formula is C18H25NO3. The minimum Gasteiger partial charge on any atom is -0.481 e. The number of Topliss-reactive ketones (excluding diaryl/α,β-unsaturated/α-hetero) is 1. The van der Waals surface area contributed by atoms with Gasteiger partial charge >= 0.3 is 0 Å². The van der Waals surface area contributed by atoms with Crippen molar-refractivity contribution in [1.82, 2.24) is 5.32 Å². The summed E-state index contributed by atoms with van der Waals surface area (Å²) in [5.74, 6) is 0.760. The van der Waals surface area contributed by atoms with Gasteiger partial charge in [0.05, 0.1) is 0 Å². The molecule has 0 aromatic heterocycles. The predicted octanol–water partition coefficient (Wildman–Crippen LogP) is 3.28. The van der Waals surface area contributed by atoms with E-state index in [-0.39, 0.29) is 17.7 Å². The van der Waals surface area contributed by atoms with Crippen LogP contribution in [-0.4, -0.2) is 23.8 Å². The quantitative estimate of drug-likeness (QED) is 0.877. The maximum atomic E-state index is 12.1. The number of nitrogens with one attached hydrogen (secondary N) is 1. The molecule has 22 heavy (non-hydrogen) atoms. The molecule has 0 aliphatic heterocycles. The Morgan fingerprint density at radius 2 is 2.00 bits per heavy atom. The summed E-state index contributed by atoms with van der Waals surface area (Å²) in [6.45, 7) is 5.86. The second-order valence-electron chi connectivity index (χ2n) is 5.88. The summed E-state index contributed by atoms with van der Waals surface area (Å²) in [5.41, 5.74) is 1.83. The van der Waals surface area contributed by atoms with Crippen molar-refractivity contribution in [3.05, 3.63) is 29.3 Å². The Bertz CT molecular complexity index is 549. The van der Waals surface area contributed by atoms with Crippen LogP contribution in [0.25, 0.3) is 0 Å². The van der Waals surface area contributed by atoms with Crippen LogP contribution in [-0.2, 0) is 11.2 Å². The van der Waals surface area contributed by atoms with E-state index in [1.807, 2.05) is 12.1 Å². The number of hydrogen-bond acceptors (Lipinski definition) is 3. The van der Waals surface area contributed by atoms with Crippen molar-refractivity contribution in [3.8, 4) is 5.75 Å². The normalized spacial score (nSPS) is 15.4. The maximum Gasteiger partial charge on any atom is 0.260 e. The van der Waals surface area contributed by atoms with Crippen LogP contribution >= 0.6 is 0 Å². The fourth-order valence-corrected chi connectivity index (χ4v) is 2.77. The number of carbonyl (C=O) groups excluding carboxylic acids is 2. The highest BCUT2D eigenvalue weighted by molar-refractivity contribution is 5.98. The van der Waals surface area contributed by atoms with Crippen molar-refractivity contribution >= 4 is 11.7 Å². The highest BCUT2D eigenvalue weighted by Gasteiger charge is 2.20. The van der Waals surface area contributed by atoms with Crippen LogP contribution in [0, 0.1) is 0 Å². The van der Waals surface area contributed by atoms with E-state index < -0.39 is 6.10 Å². The van der Waals surface area contributed by atoms with E-state index in [4.69, 9.17) is 4.74 Å². The number of ether oxygens (including phenoxy) is 1. The molecule has 0 radical (unpaired) electrons. The van der Waals surface area contributed by atoms with Crippen LogP contribution in [0.5, 0.6) is 5.75 Å². The lowest BCUT2D eigenvalue weighted by Crippen LogP contribution is -2.42. The summed E-state index contributed by atoms with van der Waals surface area (Å²) in [6, 6.07) is 5.69. The molecule has 0 heterocycles. The number of benzene rings is 1. The van der Waals surface area contributed by atoms with Crippen molar-refractivity contribution in [2.45, 2.75) is 65.0 Å². The van der Waals surface area contributed by atoms with E-state index in [0.717, 1.165) is 36.8 Å². The second-order valence-corrected chi connectivity index (χ2v) is 5.88. The molecule has 4 nitrogen and oxygen atoms in total. The zero-order chi connectivity index (χ0) is 16.1. The van der Waals surface area contributed by atoms with Gasteiger partial charge in [-0.2, -0.15) is 0 Å². The molecule has 1 aromatic carbocycles. The summed E-state index contributed by atoms with van der Waals surface area (Å²) >= 11 is 0. The van der Waals surface area contributed by atoms with Gasteiger partial charge in [-0.05, 0) is 56.4 Å². The third kappa shape index (κ3) is 3.87. The first-order valence-electron chi connectivity index (χ1n) is 8.18. The number of ketones is 1. The Kier molecular flexibility index (Phi) is 5.58. The van der Waals surface area contributed by atoms with Crippen LogP contribution in [0.1, 0.15) is 62.4 Å². The molecule has 0 spiro atoms. The van der Waals surface area contributed by atoms with Crippen molar-refractivity contribution in [2.75, 3.05) is 0 Å². The topological polar surface area (TPSA) is 55.4 Å². The van der Waals surface area contributed by atoms with E-state index in [1.54, 1.807) is 13.0 Å². The van der Waals surface area contributed by atoms with Crippen molar-refractivity contribution in [3.63, 3.8) is 0 Å². The van der Waals surface area contributed by atoms with Crippen LogP contribution in [0.15, 0.2) is 18.2 Å². The van der Waals surface area contributed by atoms with E-state index in [9.17, 15) is 9.59 Å². The summed E-state index contributed by atoms with van der Waals surface area (Å²) in [4.78, 5) is 23.9. The number of carbonyl (C=O) groups is 2. The Labute approximate surface area is 132 Å². The first-order valence-corrected chi connectivity index (χ1v) is 8.18. The third-order valence-corrected chi connectivity index (χ3v) is 4.24. The third-order valence-electron chi connectivity index (χ3n) is 4.24. The SMILES string of the molecule is CCC(CC)NC(=O)C(C)Oc1ccc2c(c1)CCCC2=O. The smallest absolute Gasteiger partial charge is 0.260 e. The summed E-state index contributed by atoms with van der Waals surface area (Å²) in [6.07, 6.45) is 3.69. The fourth-order valence-electron chi connectivity index (χ4n) is 2.77. The van der Waals surface area contributed by atoms with Gasteiger partial charge in [-0.1, -0.05) is 13.8 Å². The van der Waals surface area contributed by atoms with Gasteiger partial charge in [0.1, 0.15) is 5.75 Å². The molecule has 1 N–H and O–H groups in total. The Morgan fingerprint density at radius 1 is 1.27 bits per heavy atom. The van der Waals surface area contributed by atoms with Gasteiger partial charge in [-0.3, -0.25) is 9.59 Å². The molecule has 1 aromatic rings. The molecule has 1 amide bonds. The standard InChI is InChI=1S/C18H25NO3/c1-4-14(5-2)19-18(21)12(3)22-15-9-10-16-13(11-15)7-6-8-17(16)20/h9-12,14H,4-8H2,1-3H3,(H,19,21). The van der Waals surface area contributed by atoms with E-state index in [2.05, 4.69) is 19.2 Å². The van der Waals surface area contributed by atoms with Gasteiger partial charge in [0.15, 0.2) is 11.9 Å². The zero-order valence-electron chi connectivity index (χ0n) is 13.6. The zero-order valence-corrected chi connectivity index (χ0v) is 13.6. The number of amides is 1. The van der Waals surface area contributed by atoms with Crippen LogP contribution in [0.2, 0.25) is 0 Å². The van der Waals surface area contributed by atoms with Crippen LogP contribution in [0.4, 0.5) is 0 Å². The first kappa shape index (κ1) is 16.5. The molecule has 1 aliphatic rings. The summed E-state index contributed by atoms with van der Waals surface area (Å²) in [5, 5.41) is 2.99. The molecule has 2 rings (SSSR count). The second kappa shape index (κ2) is 7.43. The van der Waals surface area contributed by atoms with Crippen molar-refractivity contribution < 1.29 is 14.3 Å². The number of fused-ring (bicyclic) bond motifs is 1. The molecule has 4 heteroatoms. The Balaban J connectivity index is 2.01. The molecule has 0 fully saturated rings. The predicted molar refractivity (Wildman–Crippen MR) is 86.3 cm³/mol. The van der Waals surface area contributed by atoms with Crippen molar-refractivity contribution in [1.29, 1.82) is 0 Å². The van der Waals surface area contributed by atoms with E-state index >= 15 is 0 Å². The maximum absolute atomic E-state index is 12.1. The van der Waals surface area contributed by atoms with Crippen LogP contribution in [0.3, 0.4) is 0 Å². The fraction of sp³-hybridized carbons (Fsp3) is 0.556. The number of rotatable bonds is 6. The monoisotopic (exact) mass is 303 g/mol. The average molecular weight is 303 g/mol. The highest BCUT2D eigenvalue weighted by atomic mass is 16.5. The lowest BCUT2D eigenvalue weighted by Gasteiger charge is -2.21. The van der Waals surface area contributed by atoms with Gasteiger partial charge in [0, 0.05) is 18.0 Å². The van der Waals surface area contributed by atoms with E-state index in [1.165, 1.54) is 0 Å². The summed E-state index contributed by atoms with van der Waals surface area (Å²) < 4.78 is 5.74. The molecule has 0 saturated carbocycles. The van der Waals surface area contributed by atoms with Gasteiger partial charge in [-0.15, -0.1) is 0 Å². The number of hydrogen-bond donors (Lipinski definition) is 1. The molecule has 1 atom stereocenters. The van der Waals surface area contributed by atoms with Crippen molar-refractivity contribution in [2.24, 2.45) is 0 Å². The van der Waals surface area contributed by atoms with Gasteiger partial charge in [0.2, 0.25) is 0 Å². The van der Waals surface area contributed by atoms with Gasteiger partial charge in [-0.25, -0.2) is 0 Å². The lowest BCUT2D eigenvalue weighted by atomic mass is 9.90.